The minimum absolute atomic E-state index is 0.127. The fourth-order valence-corrected chi connectivity index (χ4v) is 2.48. The normalized spacial score (nSPS) is 10.8. The van der Waals surface area contributed by atoms with Gasteiger partial charge in [-0.15, -0.1) is 0 Å². The van der Waals surface area contributed by atoms with Gasteiger partial charge in [-0.05, 0) is 70.2 Å². The number of halogens is 1. The first-order valence-corrected chi connectivity index (χ1v) is 8.31. The molecule has 2 aromatic rings. The fourth-order valence-electron chi connectivity index (χ4n) is 2.08. The molecule has 2 aromatic carbocycles. The van der Waals surface area contributed by atoms with Gasteiger partial charge in [0, 0.05) is 6.42 Å². The summed E-state index contributed by atoms with van der Waals surface area (Å²) in [6, 6.07) is 12.8. The van der Waals surface area contributed by atoms with Crippen molar-refractivity contribution in [3.05, 3.63) is 58.1 Å². The van der Waals surface area contributed by atoms with Gasteiger partial charge in [0.25, 0.3) is 0 Å². The molecule has 0 fully saturated rings. The number of nitrogens with one attached hydrogen (secondary N) is 1. The third-order valence-corrected chi connectivity index (χ3v) is 4.04. The minimum Gasteiger partial charge on any atom is -0.507 e. The van der Waals surface area contributed by atoms with Crippen LogP contribution in [0.2, 0.25) is 0 Å². The Labute approximate surface area is 149 Å². The number of benzene rings is 2. The first-order valence-electron chi connectivity index (χ1n) is 7.52. The highest BCUT2D eigenvalue weighted by atomic mass is 79.9. The molecule has 24 heavy (non-hydrogen) atoms. The van der Waals surface area contributed by atoms with E-state index in [9.17, 15) is 9.90 Å². The second kappa shape index (κ2) is 9.08. The van der Waals surface area contributed by atoms with Gasteiger partial charge in [0.2, 0.25) is 5.91 Å². The lowest BCUT2D eigenvalue weighted by atomic mass is 10.1. The molecule has 1 amide bonds. The molecule has 0 unspecified atom stereocenters. The molecule has 0 aliphatic heterocycles. The van der Waals surface area contributed by atoms with Gasteiger partial charge in [0.15, 0.2) is 0 Å². The monoisotopic (exact) mass is 390 g/mol. The van der Waals surface area contributed by atoms with Crippen LogP contribution in [-0.4, -0.2) is 24.3 Å². The molecule has 0 aliphatic rings. The first kappa shape index (κ1) is 18.0. The van der Waals surface area contributed by atoms with E-state index < -0.39 is 0 Å². The number of phenolic OH excluding ortho intramolecular Hbond substituents is 1. The molecule has 0 heterocycles. The molecule has 0 radical (unpaired) electrons. The highest BCUT2D eigenvalue weighted by Crippen LogP contribution is 2.23. The van der Waals surface area contributed by atoms with Crippen molar-refractivity contribution in [2.24, 2.45) is 5.10 Å². The number of phenols is 1. The maximum Gasteiger partial charge on any atom is 0.240 e. The van der Waals surface area contributed by atoms with Crippen molar-refractivity contribution in [3.8, 4) is 11.5 Å². The smallest absolute Gasteiger partial charge is 0.240 e. The van der Waals surface area contributed by atoms with E-state index in [1.807, 2.05) is 24.3 Å². The molecule has 0 saturated heterocycles. The average Bonchev–Trinajstić information content (AvgIpc) is 2.59. The number of amides is 1. The number of hydrogen-bond acceptors (Lipinski definition) is 4. The topological polar surface area (TPSA) is 70.9 Å². The Hall–Kier alpha value is -2.34. The highest BCUT2D eigenvalue weighted by Gasteiger charge is 2.01. The SMILES string of the molecule is COc1ccc(CCCC(=O)N/N=C/c2ccc(O)c(Br)c2)cc1. The molecule has 2 N–H and O–H groups in total. The zero-order valence-corrected chi connectivity index (χ0v) is 14.9. The summed E-state index contributed by atoms with van der Waals surface area (Å²) in [7, 11) is 1.64. The van der Waals surface area contributed by atoms with Gasteiger partial charge in [0.05, 0.1) is 17.8 Å². The third kappa shape index (κ3) is 5.70. The summed E-state index contributed by atoms with van der Waals surface area (Å²) in [5.41, 5.74) is 4.45. The standard InChI is InChI=1S/C18H19BrN2O3/c1-24-15-8-5-13(6-9-15)3-2-4-18(23)21-20-12-14-7-10-17(22)16(19)11-14/h5-12,22H,2-4H2,1H3,(H,21,23)/b20-12+. The van der Waals surface area contributed by atoms with Crippen molar-refractivity contribution >= 4 is 28.1 Å². The van der Waals surface area contributed by atoms with E-state index in [2.05, 4.69) is 26.5 Å². The number of carbonyl (C=O) groups is 1. The second-order valence-electron chi connectivity index (χ2n) is 5.21. The summed E-state index contributed by atoms with van der Waals surface area (Å²) < 4.78 is 5.69. The van der Waals surface area contributed by atoms with E-state index >= 15 is 0 Å². The summed E-state index contributed by atoms with van der Waals surface area (Å²) in [6.45, 7) is 0. The molecule has 0 aromatic heterocycles. The predicted molar refractivity (Wildman–Crippen MR) is 97.5 cm³/mol. The van der Waals surface area contributed by atoms with Gasteiger partial charge in [-0.1, -0.05) is 12.1 Å². The van der Waals surface area contributed by atoms with Crippen LogP contribution < -0.4 is 10.2 Å². The lowest BCUT2D eigenvalue weighted by Crippen LogP contribution is -2.17. The van der Waals surface area contributed by atoms with E-state index in [0.29, 0.717) is 10.9 Å². The number of hydrogen-bond donors (Lipinski definition) is 2. The van der Waals surface area contributed by atoms with Gasteiger partial charge in [-0.25, -0.2) is 5.43 Å². The third-order valence-electron chi connectivity index (χ3n) is 3.40. The molecular formula is C18H19BrN2O3. The van der Waals surface area contributed by atoms with Crippen molar-refractivity contribution < 1.29 is 14.6 Å². The quantitative estimate of drug-likeness (QED) is 0.559. The Morgan fingerprint density at radius 1 is 1.29 bits per heavy atom. The average molecular weight is 391 g/mol. The van der Waals surface area contributed by atoms with Gasteiger partial charge in [-0.3, -0.25) is 4.79 Å². The molecule has 0 spiro atoms. The van der Waals surface area contributed by atoms with Crippen LogP contribution >= 0.6 is 15.9 Å². The summed E-state index contributed by atoms with van der Waals surface area (Å²) in [5.74, 6) is 0.860. The highest BCUT2D eigenvalue weighted by molar-refractivity contribution is 9.10. The van der Waals surface area contributed by atoms with Crippen molar-refractivity contribution in [2.45, 2.75) is 19.3 Å². The Morgan fingerprint density at radius 2 is 2.04 bits per heavy atom. The van der Waals surface area contributed by atoms with Crippen molar-refractivity contribution in [2.75, 3.05) is 7.11 Å². The van der Waals surface area contributed by atoms with E-state index in [-0.39, 0.29) is 11.7 Å². The van der Waals surface area contributed by atoms with E-state index in [1.165, 1.54) is 11.8 Å². The maximum atomic E-state index is 11.8. The number of aromatic hydroxyl groups is 1. The van der Waals surface area contributed by atoms with Crippen LogP contribution in [0.1, 0.15) is 24.0 Å². The summed E-state index contributed by atoms with van der Waals surface area (Å²) in [6.07, 6.45) is 3.51. The van der Waals surface area contributed by atoms with Crippen LogP contribution in [0.25, 0.3) is 0 Å². The van der Waals surface area contributed by atoms with Crippen molar-refractivity contribution in [1.82, 2.24) is 5.43 Å². The number of ether oxygens (including phenoxy) is 1. The lowest BCUT2D eigenvalue weighted by molar-refractivity contribution is -0.121. The van der Waals surface area contributed by atoms with Crippen LogP contribution in [0, 0.1) is 0 Å². The Kier molecular flexibility index (Phi) is 6.81. The number of hydrazone groups is 1. The van der Waals surface area contributed by atoms with Crippen molar-refractivity contribution in [3.63, 3.8) is 0 Å². The maximum absolute atomic E-state index is 11.8. The van der Waals surface area contributed by atoms with Gasteiger partial charge < -0.3 is 9.84 Å². The first-order chi connectivity index (χ1) is 11.6. The van der Waals surface area contributed by atoms with Crippen molar-refractivity contribution in [1.29, 1.82) is 0 Å². The molecule has 2 rings (SSSR count). The number of carbonyl (C=O) groups excluding carboxylic acids is 1. The number of rotatable bonds is 7. The largest absolute Gasteiger partial charge is 0.507 e. The molecule has 0 atom stereocenters. The summed E-state index contributed by atoms with van der Waals surface area (Å²) >= 11 is 3.23. The van der Waals surface area contributed by atoms with Gasteiger partial charge in [0.1, 0.15) is 11.5 Å². The van der Waals surface area contributed by atoms with Crippen LogP contribution in [0.5, 0.6) is 11.5 Å². The Morgan fingerprint density at radius 3 is 2.71 bits per heavy atom. The zero-order valence-electron chi connectivity index (χ0n) is 13.3. The molecule has 0 saturated carbocycles. The van der Waals surface area contributed by atoms with Gasteiger partial charge >= 0.3 is 0 Å². The van der Waals surface area contributed by atoms with E-state index in [1.54, 1.807) is 25.3 Å². The number of nitrogens with zero attached hydrogens (tertiary/aromatic N) is 1. The van der Waals surface area contributed by atoms with Crippen LogP contribution in [-0.2, 0) is 11.2 Å². The Bertz CT molecular complexity index is 715. The minimum atomic E-state index is -0.127. The molecule has 5 nitrogen and oxygen atoms in total. The summed E-state index contributed by atoms with van der Waals surface area (Å²) in [5, 5.41) is 13.3. The van der Waals surface area contributed by atoms with Crippen LogP contribution in [0.15, 0.2) is 52.0 Å². The lowest BCUT2D eigenvalue weighted by Gasteiger charge is -2.03. The van der Waals surface area contributed by atoms with E-state index in [0.717, 1.165) is 24.2 Å². The molecule has 6 heteroatoms. The van der Waals surface area contributed by atoms with E-state index in [4.69, 9.17) is 4.74 Å². The molecule has 0 bridgehead atoms. The summed E-state index contributed by atoms with van der Waals surface area (Å²) in [4.78, 5) is 11.8. The van der Waals surface area contributed by atoms with Crippen LogP contribution in [0.4, 0.5) is 0 Å². The Balaban J connectivity index is 1.72. The predicted octanol–water partition coefficient (Wildman–Crippen LogP) is 3.64. The fraction of sp³-hybridized carbons (Fsp3) is 0.222. The molecule has 126 valence electrons. The second-order valence-corrected chi connectivity index (χ2v) is 6.06. The number of aryl methyl sites for hydroxylation is 1. The zero-order chi connectivity index (χ0) is 17.4. The number of methoxy groups -OCH3 is 1. The van der Waals surface area contributed by atoms with Crippen LogP contribution in [0.3, 0.4) is 0 Å². The molecular weight excluding hydrogens is 372 g/mol. The van der Waals surface area contributed by atoms with Gasteiger partial charge in [-0.2, -0.15) is 5.10 Å². The molecule has 0 aliphatic carbocycles.